The van der Waals surface area contributed by atoms with Crippen molar-refractivity contribution in [2.45, 2.75) is 32.7 Å². The minimum Gasteiger partial charge on any atom is -0.369 e. The van der Waals surface area contributed by atoms with Gasteiger partial charge in [0.05, 0.1) is 12.0 Å². The van der Waals surface area contributed by atoms with Crippen LogP contribution >= 0.6 is 22.9 Å². The number of aliphatic imine (C=N–C) groups is 1. The fourth-order valence-electron chi connectivity index (χ4n) is 3.14. The van der Waals surface area contributed by atoms with Crippen LogP contribution in [0.15, 0.2) is 40.4 Å². The number of halogens is 1. The van der Waals surface area contributed by atoms with E-state index in [9.17, 15) is 4.79 Å². The summed E-state index contributed by atoms with van der Waals surface area (Å²) in [5, 5.41) is 1.63. The zero-order valence-electron chi connectivity index (χ0n) is 16.4. The highest BCUT2D eigenvalue weighted by Gasteiger charge is 2.37. The number of nitrogens with zero attached hydrogens (tertiary/aromatic N) is 2. The minimum absolute atomic E-state index is 0.108. The van der Waals surface area contributed by atoms with Crippen LogP contribution in [-0.4, -0.2) is 29.4 Å². The van der Waals surface area contributed by atoms with Crippen molar-refractivity contribution in [2.24, 2.45) is 10.7 Å². The maximum atomic E-state index is 12.2. The number of fused-ring (bicyclic) bond motifs is 1. The summed E-state index contributed by atoms with van der Waals surface area (Å²) < 4.78 is 1.17. The van der Waals surface area contributed by atoms with Crippen molar-refractivity contribution in [3.63, 3.8) is 0 Å². The molecule has 0 radical (unpaired) electrons. The van der Waals surface area contributed by atoms with E-state index >= 15 is 0 Å². The zero-order chi connectivity index (χ0) is 20.6. The first-order valence-electron chi connectivity index (χ1n) is 8.81. The molecule has 1 aliphatic rings. The molecule has 28 heavy (non-hydrogen) atoms. The Kier molecular flexibility index (Phi) is 5.38. The van der Waals surface area contributed by atoms with Crippen LogP contribution in [0, 0.1) is 18.8 Å². The van der Waals surface area contributed by atoms with E-state index in [1.54, 1.807) is 18.4 Å². The average molecular weight is 412 g/mol. The maximum absolute atomic E-state index is 12.2. The number of hydrogen-bond acceptors (Lipinski definition) is 4. The Bertz CT molecular complexity index is 1120. The number of aryl methyl sites for hydroxylation is 1. The first-order valence-corrected chi connectivity index (χ1v) is 10.0. The highest BCUT2D eigenvalue weighted by Crippen LogP contribution is 2.38. The standard InChI is InChI=1S/C22H22ClN3OS/c1-6-7-15-8-9-18-16(10-15)13(2)19(28-18)11-17(23)14(3)22(4)12-20(27)26(5)21(24)25-22/h8-11H,3,12H2,1-2,4-5H3,(H2,24,25)/b17-11+/t22-/m0/s1. The molecular formula is C22H22ClN3OS. The number of guanidine groups is 1. The summed E-state index contributed by atoms with van der Waals surface area (Å²) >= 11 is 8.27. The number of nitrogens with two attached hydrogens (primary N) is 1. The zero-order valence-corrected chi connectivity index (χ0v) is 18.0. The summed E-state index contributed by atoms with van der Waals surface area (Å²) in [7, 11) is 1.61. The fourth-order valence-corrected chi connectivity index (χ4v) is 4.65. The van der Waals surface area contributed by atoms with Crippen LogP contribution in [0.1, 0.15) is 36.3 Å². The van der Waals surface area contributed by atoms with Gasteiger partial charge in [0.15, 0.2) is 5.96 Å². The second-order valence-electron chi connectivity index (χ2n) is 7.02. The molecule has 0 saturated heterocycles. The Morgan fingerprint density at radius 1 is 1.50 bits per heavy atom. The Labute approximate surface area is 174 Å². The lowest BCUT2D eigenvalue weighted by Gasteiger charge is -2.34. The van der Waals surface area contributed by atoms with Gasteiger partial charge in [-0.15, -0.1) is 17.3 Å². The van der Waals surface area contributed by atoms with Crippen LogP contribution in [-0.2, 0) is 4.79 Å². The molecule has 0 aliphatic carbocycles. The molecule has 0 fully saturated rings. The number of hydrogen-bond donors (Lipinski definition) is 1. The number of carbonyl (C=O) groups excluding carboxylic acids is 1. The van der Waals surface area contributed by atoms with E-state index in [-0.39, 0.29) is 18.3 Å². The largest absolute Gasteiger partial charge is 0.369 e. The van der Waals surface area contributed by atoms with Gasteiger partial charge in [0, 0.05) is 27.2 Å². The fraction of sp³-hybridized carbons (Fsp3) is 0.273. The Morgan fingerprint density at radius 2 is 2.21 bits per heavy atom. The molecule has 0 spiro atoms. The minimum atomic E-state index is -0.851. The molecule has 144 valence electrons. The van der Waals surface area contributed by atoms with Gasteiger partial charge in [-0.1, -0.05) is 24.1 Å². The van der Waals surface area contributed by atoms with Gasteiger partial charge in [-0.05, 0) is 61.6 Å². The number of carbonyl (C=O) groups is 1. The van der Waals surface area contributed by atoms with E-state index < -0.39 is 5.54 Å². The molecule has 1 atom stereocenters. The SMILES string of the molecule is C=C(/C(Cl)=C\c1sc2ccc(C#CC)cc2c1C)[C@]1(C)CC(=O)N(C)C(N)=N1. The highest BCUT2D eigenvalue weighted by molar-refractivity contribution is 7.20. The number of benzene rings is 1. The van der Waals surface area contributed by atoms with Crippen molar-refractivity contribution >= 4 is 51.0 Å². The van der Waals surface area contributed by atoms with Gasteiger partial charge in [0.25, 0.3) is 0 Å². The molecule has 4 nitrogen and oxygen atoms in total. The predicted molar refractivity (Wildman–Crippen MR) is 119 cm³/mol. The number of thiophene rings is 1. The van der Waals surface area contributed by atoms with Crippen LogP contribution in [0.25, 0.3) is 16.2 Å². The highest BCUT2D eigenvalue weighted by atomic mass is 35.5. The van der Waals surface area contributed by atoms with Crippen molar-refractivity contribution in [2.75, 3.05) is 7.05 Å². The molecule has 6 heteroatoms. The van der Waals surface area contributed by atoms with E-state index in [4.69, 9.17) is 17.3 Å². The third kappa shape index (κ3) is 3.58. The molecule has 0 bridgehead atoms. The third-order valence-electron chi connectivity index (χ3n) is 5.01. The van der Waals surface area contributed by atoms with Gasteiger partial charge in [0.2, 0.25) is 5.91 Å². The molecule has 2 aromatic rings. The van der Waals surface area contributed by atoms with Crippen LogP contribution in [0.5, 0.6) is 0 Å². The van der Waals surface area contributed by atoms with Crippen LogP contribution < -0.4 is 5.73 Å². The van der Waals surface area contributed by atoms with Crippen LogP contribution in [0.3, 0.4) is 0 Å². The first kappa shape index (κ1) is 20.2. The summed E-state index contributed by atoms with van der Waals surface area (Å²) in [6.45, 7) is 9.84. The summed E-state index contributed by atoms with van der Waals surface area (Å²) in [6.07, 6.45) is 2.08. The monoisotopic (exact) mass is 411 g/mol. The molecule has 3 rings (SSSR count). The van der Waals surface area contributed by atoms with Crippen LogP contribution in [0.2, 0.25) is 0 Å². The normalized spacial score (nSPS) is 20.0. The van der Waals surface area contributed by atoms with E-state index in [1.165, 1.54) is 9.60 Å². The third-order valence-corrected chi connectivity index (χ3v) is 6.57. The van der Waals surface area contributed by atoms with Gasteiger partial charge in [-0.25, -0.2) is 4.99 Å². The van der Waals surface area contributed by atoms with Crippen molar-refractivity contribution in [1.29, 1.82) is 0 Å². The quantitative estimate of drug-likeness (QED) is 0.590. The number of rotatable bonds is 3. The first-order chi connectivity index (χ1) is 13.2. The molecule has 2 N–H and O–H groups in total. The lowest BCUT2D eigenvalue weighted by molar-refractivity contribution is -0.128. The second kappa shape index (κ2) is 7.46. The summed E-state index contributed by atoms with van der Waals surface area (Å²) in [5.41, 5.74) is 7.74. The lowest BCUT2D eigenvalue weighted by Crippen LogP contribution is -2.49. The molecule has 1 amide bonds. The van der Waals surface area contributed by atoms with Crippen molar-refractivity contribution < 1.29 is 4.79 Å². The molecule has 2 heterocycles. The van der Waals surface area contributed by atoms with Gasteiger partial charge >= 0.3 is 0 Å². The molecule has 0 unspecified atom stereocenters. The van der Waals surface area contributed by atoms with E-state index in [1.807, 2.05) is 26.0 Å². The Balaban J connectivity index is 1.99. The number of amides is 1. The average Bonchev–Trinajstić information content (AvgIpc) is 2.95. The van der Waals surface area contributed by atoms with Gasteiger partial charge in [-0.2, -0.15) is 0 Å². The maximum Gasteiger partial charge on any atom is 0.231 e. The lowest BCUT2D eigenvalue weighted by atomic mass is 9.87. The predicted octanol–water partition coefficient (Wildman–Crippen LogP) is 4.65. The van der Waals surface area contributed by atoms with Gasteiger partial charge in [-0.3, -0.25) is 9.69 Å². The molecule has 0 saturated carbocycles. The van der Waals surface area contributed by atoms with Crippen molar-refractivity contribution in [3.05, 3.63) is 51.4 Å². The van der Waals surface area contributed by atoms with E-state index in [0.29, 0.717) is 10.6 Å². The van der Waals surface area contributed by atoms with Gasteiger partial charge < -0.3 is 5.73 Å². The molecule has 1 aliphatic heterocycles. The molecule has 1 aromatic carbocycles. The molecular weight excluding hydrogens is 390 g/mol. The summed E-state index contributed by atoms with van der Waals surface area (Å²) in [5.74, 6) is 6.08. The summed E-state index contributed by atoms with van der Waals surface area (Å²) in [4.78, 5) is 19.1. The second-order valence-corrected chi connectivity index (χ2v) is 8.51. The van der Waals surface area contributed by atoms with E-state index in [2.05, 4.69) is 42.5 Å². The van der Waals surface area contributed by atoms with Gasteiger partial charge in [0.1, 0.15) is 0 Å². The topological polar surface area (TPSA) is 58.7 Å². The Morgan fingerprint density at radius 3 is 2.86 bits per heavy atom. The Hall–Kier alpha value is -2.55. The summed E-state index contributed by atoms with van der Waals surface area (Å²) in [6, 6.07) is 6.19. The molecule has 1 aromatic heterocycles. The van der Waals surface area contributed by atoms with Crippen molar-refractivity contribution in [1.82, 2.24) is 4.90 Å². The van der Waals surface area contributed by atoms with Crippen LogP contribution in [0.4, 0.5) is 0 Å². The van der Waals surface area contributed by atoms with E-state index in [0.717, 1.165) is 21.4 Å². The smallest absolute Gasteiger partial charge is 0.231 e. The van der Waals surface area contributed by atoms with Crippen molar-refractivity contribution in [3.8, 4) is 11.8 Å².